The van der Waals surface area contributed by atoms with E-state index in [2.05, 4.69) is 32.5 Å². The summed E-state index contributed by atoms with van der Waals surface area (Å²) in [4.78, 5) is 4.23. The van der Waals surface area contributed by atoms with Crippen molar-refractivity contribution in [1.82, 2.24) is 24.9 Å². The van der Waals surface area contributed by atoms with Gasteiger partial charge in [0.15, 0.2) is 16.8 Å². The van der Waals surface area contributed by atoms with Crippen LogP contribution in [-0.4, -0.2) is 38.6 Å². The van der Waals surface area contributed by atoms with Gasteiger partial charge in [-0.1, -0.05) is 65.4 Å². The maximum Gasteiger partial charge on any atom is 0.237 e. The standard InChI is InChI=1S/C22H23N5O3S/c1-16-23-21(30-26-16)15-31-22-25-24-20(27(22)12-13-28-2)14-29-19-11-7-6-10-18(19)17-8-4-3-5-9-17/h3-11H,12-15H2,1-2H3. The Morgan fingerprint density at radius 1 is 1.03 bits per heavy atom. The lowest BCUT2D eigenvalue weighted by molar-refractivity contribution is 0.181. The summed E-state index contributed by atoms with van der Waals surface area (Å²) in [5.41, 5.74) is 2.14. The number of nitrogens with zero attached hydrogens (tertiary/aromatic N) is 5. The monoisotopic (exact) mass is 437 g/mol. The largest absolute Gasteiger partial charge is 0.485 e. The molecule has 0 aliphatic rings. The molecule has 0 amide bonds. The second kappa shape index (κ2) is 10.2. The molecule has 2 aromatic heterocycles. The predicted molar refractivity (Wildman–Crippen MR) is 117 cm³/mol. The summed E-state index contributed by atoms with van der Waals surface area (Å²) < 4.78 is 18.6. The molecule has 160 valence electrons. The van der Waals surface area contributed by atoms with Crippen LogP contribution in [0.4, 0.5) is 0 Å². The molecule has 2 heterocycles. The van der Waals surface area contributed by atoms with E-state index in [0.29, 0.717) is 37.2 Å². The molecule has 0 saturated heterocycles. The maximum absolute atomic E-state index is 6.16. The molecule has 9 heteroatoms. The average Bonchev–Trinajstić information content (AvgIpc) is 3.40. The van der Waals surface area contributed by atoms with E-state index in [9.17, 15) is 0 Å². The Morgan fingerprint density at radius 2 is 1.84 bits per heavy atom. The summed E-state index contributed by atoms with van der Waals surface area (Å²) in [7, 11) is 1.67. The number of benzene rings is 2. The molecule has 0 aliphatic carbocycles. The van der Waals surface area contributed by atoms with Gasteiger partial charge in [0.2, 0.25) is 5.89 Å². The minimum Gasteiger partial charge on any atom is -0.485 e. The van der Waals surface area contributed by atoms with Crippen LogP contribution >= 0.6 is 11.8 Å². The van der Waals surface area contributed by atoms with Gasteiger partial charge in [-0.3, -0.25) is 0 Å². The first-order chi connectivity index (χ1) is 15.2. The molecule has 4 rings (SSSR count). The van der Waals surface area contributed by atoms with Crippen LogP contribution in [0.5, 0.6) is 5.75 Å². The Balaban J connectivity index is 1.50. The van der Waals surface area contributed by atoms with E-state index in [0.717, 1.165) is 27.9 Å². The zero-order chi connectivity index (χ0) is 21.5. The number of hydrogen-bond acceptors (Lipinski definition) is 8. The number of thioether (sulfide) groups is 1. The highest BCUT2D eigenvalue weighted by molar-refractivity contribution is 7.98. The highest BCUT2D eigenvalue weighted by Gasteiger charge is 2.16. The van der Waals surface area contributed by atoms with Gasteiger partial charge in [0, 0.05) is 19.2 Å². The molecular formula is C22H23N5O3S. The Bertz CT molecular complexity index is 1110. The second-order valence-corrected chi connectivity index (χ2v) is 7.66. The van der Waals surface area contributed by atoms with Crippen LogP contribution in [0, 0.1) is 6.92 Å². The number of aryl methyl sites for hydroxylation is 1. The first-order valence-corrected chi connectivity index (χ1v) is 10.8. The smallest absolute Gasteiger partial charge is 0.237 e. The zero-order valence-electron chi connectivity index (χ0n) is 17.4. The number of aromatic nitrogens is 5. The van der Waals surface area contributed by atoms with Gasteiger partial charge >= 0.3 is 0 Å². The fraction of sp³-hybridized carbons (Fsp3) is 0.273. The molecule has 4 aromatic rings. The van der Waals surface area contributed by atoms with E-state index in [1.165, 1.54) is 11.8 Å². The normalized spacial score (nSPS) is 11.0. The third-order valence-corrected chi connectivity index (χ3v) is 5.49. The van der Waals surface area contributed by atoms with Crippen LogP contribution in [0.15, 0.2) is 64.3 Å². The highest BCUT2D eigenvalue weighted by Crippen LogP contribution is 2.30. The molecule has 0 unspecified atom stereocenters. The number of methoxy groups -OCH3 is 1. The molecule has 0 spiro atoms. The molecule has 0 atom stereocenters. The van der Waals surface area contributed by atoms with E-state index < -0.39 is 0 Å². The van der Waals surface area contributed by atoms with Gasteiger partial charge in [-0.05, 0) is 18.6 Å². The first-order valence-electron chi connectivity index (χ1n) is 9.85. The third kappa shape index (κ3) is 5.31. The van der Waals surface area contributed by atoms with Crippen molar-refractivity contribution >= 4 is 11.8 Å². The van der Waals surface area contributed by atoms with Gasteiger partial charge in [0.1, 0.15) is 12.4 Å². The van der Waals surface area contributed by atoms with Gasteiger partial charge in [-0.2, -0.15) is 4.98 Å². The second-order valence-electron chi connectivity index (χ2n) is 6.72. The molecule has 0 N–H and O–H groups in total. The molecule has 0 bridgehead atoms. The Morgan fingerprint density at radius 3 is 2.61 bits per heavy atom. The van der Waals surface area contributed by atoms with Crippen LogP contribution in [0.3, 0.4) is 0 Å². The molecule has 0 aliphatic heterocycles. The van der Waals surface area contributed by atoms with E-state index >= 15 is 0 Å². The van der Waals surface area contributed by atoms with Crippen LogP contribution < -0.4 is 4.74 Å². The first kappa shape index (κ1) is 21.1. The lowest BCUT2D eigenvalue weighted by Crippen LogP contribution is -2.12. The van der Waals surface area contributed by atoms with Crippen molar-refractivity contribution < 1.29 is 14.0 Å². The van der Waals surface area contributed by atoms with Crippen LogP contribution in [-0.2, 0) is 23.6 Å². The Labute approximate surface area is 184 Å². The quantitative estimate of drug-likeness (QED) is 0.342. The fourth-order valence-electron chi connectivity index (χ4n) is 3.06. The van der Waals surface area contributed by atoms with Crippen LogP contribution in [0.1, 0.15) is 17.5 Å². The summed E-state index contributed by atoms with van der Waals surface area (Å²) >= 11 is 1.49. The molecule has 31 heavy (non-hydrogen) atoms. The minimum atomic E-state index is 0.292. The minimum absolute atomic E-state index is 0.292. The number of rotatable bonds is 10. The van der Waals surface area contributed by atoms with Crippen molar-refractivity contribution in [3.05, 3.63) is 72.1 Å². The number of ether oxygens (including phenoxy) is 2. The van der Waals surface area contributed by atoms with Gasteiger partial charge in [-0.25, -0.2) is 0 Å². The number of hydrogen-bond donors (Lipinski definition) is 0. The molecule has 0 radical (unpaired) electrons. The van der Waals surface area contributed by atoms with Crippen LogP contribution in [0.2, 0.25) is 0 Å². The lowest BCUT2D eigenvalue weighted by atomic mass is 10.1. The van der Waals surface area contributed by atoms with Crippen molar-refractivity contribution in [2.24, 2.45) is 0 Å². The van der Waals surface area contributed by atoms with Gasteiger partial charge in [0.25, 0.3) is 0 Å². The molecule has 0 fully saturated rings. The third-order valence-electron chi connectivity index (χ3n) is 4.54. The van der Waals surface area contributed by atoms with Crippen molar-refractivity contribution in [3.8, 4) is 16.9 Å². The van der Waals surface area contributed by atoms with Crippen molar-refractivity contribution in [2.45, 2.75) is 31.0 Å². The SMILES string of the molecule is COCCn1c(COc2ccccc2-c2ccccc2)nnc1SCc1nc(C)no1. The molecule has 8 nitrogen and oxygen atoms in total. The van der Waals surface area contributed by atoms with E-state index in [-0.39, 0.29) is 0 Å². The molecule has 0 saturated carbocycles. The topological polar surface area (TPSA) is 88.1 Å². The van der Waals surface area contributed by atoms with Gasteiger partial charge < -0.3 is 18.6 Å². The highest BCUT2D eigenvalue weighted by atomic mass is 32.2. The zero-order valence-corrected chi connectivity index (χ0v) is 18.2. The Hall–Kier alpha value is -3.17. The lowest BCUT2D eigenvalue weighted by Gasteiger charge is -2.13. The van der Waals surface area contributed by atoms with Crippen LogP contribution in [0.25, 0.3) is 11.1 Å². The van der Waals surface area contributed by atoms with Crippen molar-refractivity contribution in [2.75, 3.05) is 13.7 Å². The molecular weight excluding hydrogens is 414 g/mol. The van der Waals surface area contributed by atoms with E-state index in [1.807, 2.05) is 47.0 Å². The predicted octanol–water partition coefficient (Wildman–Crippen LogP) is 4.15. The van der Waals surface area contributed by atoms with E-state index in [4.69, 9.17) is 14.0 Å². The Kier molecular flexibility index (Phi) is 6.96. The maximum atomic E-state index is 6.16. The van der Waals surface area contributed by atoms with E-state index in [1.54, 1.807) is 14.0 Å². The molecule has 2 aromatic carbocycles. The summed E-state index contributed by atoms with van der Waals surface area (Å²) in [6.07, 6.45) is 0. The van der Waals surface area contributed by atoms with Gasteiger partial charge in [0.05, 0.1) is 12.4 Å². The summed E-state index contributed by atoms with van der Waals surface area (Å²) in [5.74, 6) is 3.21. The average molecular weight is 438 g/mol. The summed E-state index contributed by atoms with van der Waals surface area (Å²) in [5, 5.41) is 13.3. The summed E-state index contributed by atoms with van der Waals surface area (Å²) in [6.45, 7) is 3.24. The fourth-order valence-corrected chi connectivity index (χ4v) is 3.88. The summed E-state index contributed by atoms with van der Waals surface area (Å²) in [6, 6.07) is 18.1. The van der Waals surface area contributed by atoms with Gasteiger partial charge in [-0.15, -0.1) is 10.2 Å². The number of para-hydroxylation sites is 1. The van der Waals surface area contributed by atoms with Crippen molar-refractivity contribution in [3.63, 3.8) is 0 Å². The van der Waals surface area contributed by atoms with Crippen molar-refractivity contribution in [1.29, 1.82) is 0 Å².